The topological polar surface area (TPSA) is 24.5 Å². The van der Waals surface area contributed by atoms with E-state index in [1.165, 1.54) is 31.4 Å². The first kappa shape index (κ1) is 14.7. The van der Waals surface area contributed by atoms with Crippen LogP contribution < -0.4 is 5.32 Å². The largest absolute Gasteiger partial charge is 0.377 e. The van der Waals surface area contributed by atoms with E-state index in [0.29, 0.717) is 6.10 Å². The normalized spacial score (nSPS) is 21.6. The molecule has 1 atom stereocenters. The SMILES string of the molecule is C=C(CNCCC)CN1CCCC(OCC)C1. The molecule has 1 rings (SSSR count). The molecular formula is C14H28N2O. The molecule has 0 aromatic carbocycles. The molecule has 0 bridgehead atoms. The Morgan fingerprint density at radius 2 is 2.29 bits per heavy atom. The molecule has 0 aromatic rings. The molecule has 1 fully saturated rings. The van der Waals surface area contributed by atoms with Gasteiger partial charge in [-0.1, -0.05) is 13.5 Å². The van der Waals surface area contributed by atoms with E-state index in [1.54, 1.807) is 0 Å². The summed E-state index contributed by atoms with van der Waals surface area (Å²) in [5.41, 5.74) is 1.29. The number of nitrogens with zero attached hydrogens (tertiary/aromatic N) is 1. The second-order valence-corrected chi connectivity index (χ2v) is 4.88. The molecule has 0 aliphatic carbocycles. The van der Waals surface area contributed by atoms with Gasteiger partial charge in [-0.3, -0.25) is 4.90 Å². The van der Waals surface area contributed by atoms with Gasteiger partial charge in [-0.2, -0.15) is 0 Å². The molecule has 0 saturated carbocycles. The van der Waals surface area contributed by atoms with Crippen molar-refractivity contribution in [1.82, 2.24) is 10.2 Å². The third-order valence-corrected chi connectivity index (χ3v) is 3.11. The van der Waals surface area contributed by atoms with E-state index in [1.807, 2.05) is 0 Å². The van der Waals surface area contributed by atoms with Crippen molar-refractivity contribution in [3.05, 3.63) is 12.2 Å². The van der Waals surface area contributed by atoms with Crippen molar-refractivity contribution < 1.29 is 4.74 Å². The van der Waals surface area contributed by atoms with Gasteiger partial charge in [-0.25, -0.2) is 0 Å². The zero-order valence-electron chi connectivity index (χ0n) is 11.5. The Morgan fingerprint density at radius 1 is 1.47 bits per heavy atom. The molecule has 0 spiro atoms. The maximum atomic E-state index is 5.71. The van der Waals surface area contributed by atoms with E-state index in [2.05, 4.69) is 30.6 Å². The van der Waals surface area contributed by atoms with Crippen LogP contribution in [0.5, 0.6) is 0 Å². The van der Waals surface area contributed by atoms with E-state index < -0.39 is 0 Å². The first-order valence-corrected chi connectivity index (χ1v) is 6.97. The molecule has 1 saturated heterocycles. The van der Waals surface area contributed by atoms with Gasteiger partial charge in [0.2, 0.25) is 0 Å². The zero-order valence-corrected chi connectivity index (χ0v) is 11.5. The van der Waals surface area contributed by atoms with Crippen LogP contribution in [0.1, 0.15) is 33.1 Å². The number of hydrogen-bond donors (Lipinski definition) is 1. The van der Waals surface area contributed by atoms with Crippen LogP contribution in [0.25, 0.3) is 0 Å². The van der Waals surface area contributed by atoms with Gasteiger partial charge in [-0.15, -0.1) is 0 Å². The minimum atomic E-state index is 0.435. The summed E-state index contributed by atoms with van der Waals surface area (Å²) >= 11 is 0. The fourth-order valence-electron chi connectivity index (χ4n) is 2.34. The molecule has 17 heavy (non-hydrogen) atoms. The zero-order chi connectivity index (χ0) is 12.5. The van der Waals surface area contributed by atoms with Gasteiger partial charge in [0.1, 0.15) is 0 Å². The number of piperidine rings is 1. The maximum Gasteiger partial charge on any atom is 0.0702 e. The van der Waals surface area contributed by atoms with Gasteiger partial charge < -0.3 is 10.1 Å². The molecule has 0 radical (unpaired) electrons. The summed E-state index contributed by atoms with van der Waals surface area (Å²) in [5, 5.41) is 3.40. The van der Waals surface area contributed by atoms with Gasteiger partial charge in [0.15, 0.2) is 0 Å². The molecule has 1 heterocycles. The highest BCUT2D eigenvalue weighted by atomic mass is 16.5. The van der Waals surface area contributed by atoms with Crippen molar-refractivity contribution in [3.63, 3.8) is 0 Å². The summed E-state index contributed by atoms with van der Waals surface area (Å²) in [6.07, 6.45) is 4.08. The molecule has 0 aromatic heterocycles. The molecule has 1 aliphatic rings. The lowest BCUT2D eigenvalue weighted by Crippen LogP contribution is -2.41. The Hall–Kier alpha value is -0.380. The van der Waals surface area contributed by atoms with E-state index >= 15 is 0 Å². The Labute approximate surface area is 106 Å². The lowest BCUT2D eigenvalue weighted by atomic mass is 10.1. The van der Waals surface area contributed by atoms with Gasteiger partial charge in [-0.05, 0) is 44.8 Å². The highest BCUT2D eigenvalue weighted by Gasteiger charge is 2.19. The fourth-order valence-corrected chi connectivity index (χ4v) is 2.34. The molecule has 1 unspecified atom stereocenters. The Balaban J connectivity index is 2.18. The van der Waals surface area contributed by atoms with Crippen LogP contribution in [0.3, 0.4) is 0 Å². The molecule has 0 amide bonds. The van der Waals surface area contributed by atoms with Gasteiger partial charge in [0, 0.05) is 26.2 Å². The first-order valence-electron chi connectivity index (χ1n) is 6.97. The van der Waals surface area contributed by atoms with Crippen molar-refractivity contribution in [3.8, 4) is 0 Å². The van der Waals surface area contributed by atoms with Crippen molar-refractivity contribution in [2.45, 2.75) is 39.2 Å². The molecule has 1 aliphatic heterocycles. The number of hydrogen-bond acceptors (Lipinski definition) is 3. The van der Waals surface area contributed by atoms with Gasteiger partial charge in [0.05, 0.1) is 6.10 Å². The van der Waals surface area contributed by atoms with Crippen molar-refractivity contribution in [1.29, 1.82) is 0 Å². The highest BCUT2D eigenvalue weighted by molar-refractivity contribution is 5.00. The van der Waals surface area contributed by atoms with Crippen molar-refractivity contribution in [2.75, 3.05) is 39.3 Å². The second-order valence-electron chi connectivity index (χ2n) is 4.88. The number of ether oxygens (including phenoxy) is 1. The van der Waals surface area contributed by atoms with E-state index in [9.17, 15) is 0 Å². The number of nitrogens with one attached hydrogen (secondary N) is 1. The Bertz CT molecular complexity index is 216. The van der Waals surface area contributed by atoms with Crippen LogP contribution in [0.15, 0.2) is 12.2 Å². The smallest absolute Gasteiger partial charge is 0.0702 e. The molecular weight excluding hydrogens is 212 g/mol. The van der Waals surface area contributed by atoms with E-state index in [0.717, 1.165) is 32.8 Å². The van der Waals surface area contributed by atoms with Crippen molar-refractivity contribution >= 4 is 0 Å². The monoisotopic (exact) mass is 240 g/mol. The summed E-state index contributed by atoms with van der Waals surface area (Å²) in [7, 11) is 0. The average molecular weight is 240 g/mol. The maximum absolute atomic E-state index is 5.71. The predicted octanol–water partition coefficient (Wildman–Crippen LogP) is 2.04. The van der Waals surface area contributed by atoms with Crippen LogP contribution in [0.2, 0.25) is 0 Å². The second kappa shape index (κ2) is 8.67. The van der Waals surface area contributed by atoms with Crippen molar-refractivity contribution in [2.24, 2.45) is 0 Å². The van der Waals surface area contributed by atoms with Gasteiger partial charge in [0.25, 0.3) is 0 Å². The van der Waals surface area contributed by atoms with E-state index in [4.69, 9.17) is 4.74 Å². The Kier molecular flexibility index (Phi) is 7.49. The minimum Gasteiger partial charge on any atom is -0.377 e. The summed E-state index contributed by atoms with van der Waals surface area (Å²) in [4.78, 5) is 2.47. The lowest BCUT2D eigenvalue weighted by Gasteiger charge is -2.32. The molecule has 3 heteroatoms. The summed E-state index contributed by atoms with van der Waals surface area (Å²) < 4.78 is 5.71. The predicted molar refractivity (Wildman–Crippen MR) is 73.4 cm³/mol. The standard InChI is InChI=1S/C14H28N2O/c1-4-8-15-10-13(3)11-16-9-6-7-14(12-16)17-5-2/h14-15H,3-12H2,1-2H3. The molecule has 3 nitrogen and oxygen atoms in total. The number of likely N-dealkylation sites (tertiary alicyclic amines) is 1. The van der Waals surface area contributed by atoms with Crippen LogP contribution in [0.4, 0.5) is 0 Å². The third kappa shape index (κ3) is 6.20. The third-order valence-electron chi connectivity index (χ3n) is 3.11. The summed E-state index contributed by atoms with van der Waals surface area (Å²) in [6, 6.07) is 0. The van der Waals surface area contributed by atoms with Crippen LogP contribution in [0, 0.1) is 0 Å². The van der Waals surface area contributed by atoms with Gasteiger partial charge >= 0.3 is 0 Å². The summed E-state index contributed by atoms with van der Waals surface area (Å²) in [6.45, 7) is 14.5. The fraction of sp³-hybridized carbons (Fsp3) is 0.857. The molecule has 1 N–H and O–H groups in total. The lowest BCUT2D eigenvalue weighted by molar-refractivity contribution is 0.00851. The minimum absolute atomic E-state index is 0.435. The van der Waals surface area contributed by atoms with Crippen LogP contribution in [-0.4, -0.2) is 50.3 Å². The summed E-state index contributed by atoms with van der Waals surface area (Å²) in [5.74, 6) is 0. The Morgan fingerprint density at radius 3 is 3.00 bits per heavy atom. The van der Waals surface area contributed by atoms with Crippen LogP contribution in [-0.2, 0) is 4.74 Å². The van der Waals surface area contributed by atoms with Crippen LogP contribution >= 0.6 is 0 Å². The highest BCUT2D eigenvalue weighted by Crippen LogP contribution is 2.13. The van der Waals surface area contributed by atoms with E-state index in [-0.39, 0.29) is 0 Å². The first-order chi connectivity index (χ1) is 8.26. The average Bonchev–Trinajstić information content (AvgIpc) is 2.30. The number of rotatable bonds is 8. The quantitative estimate of drug-likeness (QED) is 0.519. The molecule has 100 valence electrons.